The normalized spacial score (nSPS) is 11.2. The smallest absolute Gasteiger partial charge is 0.277 e. The van der Waals surface area contributed by atoms with Gasteiger partial charge in [-0.1, -0.05) is 50.1 Å². The molecule has 0 bridgehead atoms. The van der Waals surface area contributed by atoms with Crippen LogP contribution in [0.3, 0.4) is 0 Å². The summed E-state index contributed by atoms with van der Waals surface area (Å²) in [6.07, 6.45) is 4.56. The average molecular weight is 470 g/mol. The predicted octanol–water partition coefficient (Wildman–Crippen LogP) is 5.51. The average Bonchev–Trinajstić information content (AvgIpc) is 3.30. The molecule has 170 valence electrons. The van der Waals surface area contributed by atoms with Crippen molar-refractivity contribution in [1.82, 2.24) is 19.7 Å². The van der Waals surface area contributed by atoms with E-state index in [0.717, 1.165) is 40.1 Å². The van der Waals surface area contributed by atoms with Crippen LogP contribution in [0.25, 0.3) is 31.6 Å². The molecule has 1 amide bonds. The summed E-state index contributed by atoms with van der Waals surface area (Å²) in [5, 5.41) is 9.13. The zero-order valence-corrected chi connectivity index (χ0v) is 19.5. The van der Waals surface area contributed by atoms with Crippen LogP contribution in [0.15, 0.2) is 71.7 Å². The lowest BCUT2D eigenvalue weighted by molar-refractivity contribution is 0.102. The summed E-state index contributed by atoms with van der Waals surface area (Å²) in [4.78, 5) is 35.1. The Morgan fingerprint density at radius 1 is 1.00 bits per heavy atom. The highest BCUT2D eigenvalue weighted by molar-refractivity contribution is 7.21. The summed E-state index contributed by atoms with van der Waals surface area (Å²) < 4.78 is 2.51. The Morgan fingerprint density at radius 3 is 2.56 bits per heavy atom. The fraction of sp³-hybridized carbons (Fsp3) is 0.192. The zero-order valence-electron chi connectivity index (χ0n) is 18.7. The van der Waals surface area contributed by atoms with E-state index in [9.17, 15) is 9.59 Å². The van der Waals surface area contributed by atoms with Crippen molar-refractivity contribution in [3.8, 4) is 10.6 Å². The van der Waals surface area contributed by atoms with Gasteiger partial charge in [0.1, 0.15) is 10.8 Å². The van der Waals surface area contributed by atoms with E-state index in [1.54, 1.807) is 47.9 Å². The number of thiazole rings is 1. The maximum atomic E-state index is 13.2. The molecule has 0 aliphatic rings. The minimum Gasteiger partial charge on any atom is -0.305 e. The SMILES string of the molecule is CCCCCn1nc(C(=O)Nc2ccc(-c3nc4ccccc4s3)cn2)c2ccccc2c1=O. The molecule has 0 aliphatic heterocycles. The van der Waals surface area contributed by atoms with Crippen molar-refractivity contribution in [3.63, 3.8) is 0 Å². The van der Waals surface area contributed by atoms with Gasteiger partial charge >= 0.3 is 0 Å². The molecule has 1 N–H and O–H groups in total. The Hall–Kier alpha value is -3.91. The van der Waals surface area contributed by atoms with Gasteiger partial charge in [0.25, 0.3) is 11.5 Å². The van der Waals surface area contributed by atoms with E-state index in [0.29, 0.717) is 23.1 Å². The van der Waals surface area contributed by atoms with Crippen molar-refractivity contribution < 1.29 is 4.79 Å². The third-order valence-electron chi connectivity index (χ3n) is 5.60. The first-order valence-corrected chi connectivity index (χ1v) is 12.1. The molecule has 7 nitrogen and oxygen atoms in total. The molecule has 0 aliphatic carbocycles. The number of nitrogens with one attached hydrogen (secondary N) is 1. The first-order chi connectivity index (χ1) is 16.6. The van der Waals surface area contributed by atoms with E-state index in [-0.39, 0.29) is 11.3 Å². The van der Waals surface area contributed by atoms with Crippen molar-refractivity contribution in [1.29, 1.82) is 0 Å². The molecular formula is C26H23N5O2S. The molecule has 8 heteroatoms. The number of nitrogens with zero attached hydrogens (tertiary/aromatic N) is 4. The van der Waals surface area contributed by atoms with Gasteiger partial charge in [-0.05, 0) is 36.8 Å². The topological polar surface area (TPSA) is 89.8 Å². The Balaban J connectivity index is 1.42. The zero-order chi connectivity index (χ0) is 23.5. The summed E-state index contributed by atoms with van der Waals surface area (Å²) >= 11 is 1.60. The van der Waals surface area contributed by atoms with Crippen LogP contribution in [0.4, 0.5) is 5.82 Å². The van der Waals surface area contributed by atoms with Gasteiger partial charge in [-0.3, -0.25) is 9.59 Å². The molecule has 0 unspecified atom stereocenters. The first-order valence-electron chi connectivity index (χ1n) is 11.3. The Kier molecular flexibility index (Phi) is 6.14. The van der Waals surface area contributed by atoms with Crippen molar-refractivity contribution in [2.75, 3.05) is 5.32 Å². The van der Waals surface area contributed by atoms with Crippen molar-refractivity contribution in [2.45, 2.75) is 32.7 Å². The number of fused-ring (bicyclic) bond motifs is 2. The summed E-state index contributed by atoms with van der Waals surface area (Å²) in [6, 6.07) is 18.7. The van der Waals surface area contributed by atoms with E-state index in [2.05, 4.69) is 27.3 Å². The van der Waals surface area contributed by atoms with Crippen LogP contribution in [0.2, 0.25) is 0 Å². The van der Waals surface area contributed by atoms with Gasteiger partial charge in [0.05, 0.1) is 15.6 Å². The second kappa shape index (κ2) is 9.52. The number of amides is 1. The number of rotatable bonds is 7. The van der Waals surface area contributed by atoms with Crippen molar-refractivity contribution >= 4 is 44.1 Å². The number of pyridine rings is 1. The van der Waals surface area contributed by atoms with E-state index in [1.807, 2.05) is 30.3 Å². The third kappa shape index (κ3) is 4.32. The molecule has 0 saturated heterocycles. The van der Waals surface area contributed by atoms with E-state index in [4.69, 9.17) is 0 Å². The molecule has 2 aromatic carbocycles. The van der Waals surface area contributed by atoms with Crippen LogP contribution >= 0.6 is 11.3 Å². The van der Waals surface area contributed by atoms with Gasteiger partial charge in [0.2, 0.25) is 0 Å². The Bertz CT molecular complexity index is 1510. The highest BCUT2D eigenvalue weighted by Crippen LogP contribution is 2.30. The lowest BCUT2D eigenvalue weighted by Crippen LogP contribution is -2.28. The molecule has 3 heterocycles. The molecule has 0 atom stereocenters. The molecule has 3 aromatic heterocycles. The molecule has 0 fully saturated rings. The summed E-state index contributed by atoms with van der Waals surface area (Å²) in [6.45, 7) is 2.58. The van der Waals surface area contributed by atoms with E-state index >= 15 is 0 Å². The number of unbranched alkanes of at least 4 members (excludes halogenated alkanes) is 2. The van der Waals surface area contributed by atoms with Gasteiger partial charge in [-0.2, -0.15) is 5.10 Å². The summed E-state index contributed by atoms with van der Waals surface area (Å²) in [5.74, 6) is 0.00477. The highest BCUT2D eigenvalue weighted by atomic mass is 32.1. The second-order valence-corrected chi connectivity index (χ2v) is 9.03. The van der Waals surface area contributed by atoms with E-state index in [1.165, 1.54) is 4.68 Å². The lowest BCUT2D eigenvalue weighted by atomic mass is 10.1. The lowest BCUT2D eigenvalue weighted by Gasteiger charge is -2.11. The van der Waals surface area contributed by atoms with Crippen LogP contribution in [0, 0.1) is 0 Å². The molecule has 5 aromatic rings. The number of carbonyl (C=O) groups excluding carboxylic acids is 1. The predicted molar refractivity (Wildman–Crippen MR) is 136 cm³/mol. The third-order valence-corrected chi connectivity index (χ3v) is 6.69. The molecule has 0 spiro atoms. The minimum atomic E-state index is -0.402. The molecule has 5 rings (SSSR count). The maximum Gasteiger partial charge on any atom is 0.277 e. The number of carbonyl (C=O) groups is 1. The molecule has 0 saturated carbocycles. The van der Waals surface area contributed by atoms with Gasteiger partial charge in [0.15, 0.2) is 5.69 Å². The van der Waals surface area contributed by atoms with Gasteiger partial charge < -0.3 is 5.32 Å². The molecule has 0 radical (unpaired) electrons. The van der Waals surface area contributed by atoms with Crippen LogP contribution < -0.4 is 10.9 Å². The van der Waals surface area contributed by atoms with Crippen LogP contribution in [-0.4, -0.2) is 25.7 Å². The number of benzene rings is 2. The van der Waals surface area contributed by atoms with Crippen LogP contribution in [-0.2, 0) is 6.54 Å². The van der Waals surface area contributed by atoms with Gasteiger partial charge in [-0.15, -0.1) is 11.3 Å². The fourth-order valence-corrected chi connectivity index (χ4v) is 4.79. The maximum absolute atomic E-state index is 13.2. The van der Waals surface area contributed by atoms with Crippen LogP contribution in [0.1, 0.15) is 36.7 Å². The highest BCUT2D eigenvalue weighted by Gasteiger charge is 2.17. The van der Waals surface area contributed by atoms with Gasteiger partial charge in [0, 0.05) is 23.7 Å². The Morgan fingerprint density at radius 2 is 1.79 bits per heavy atom. The number of para-hydroxylation sites is 1. The largest absolute Gasteiger partial charge is 0.305 e. The Labute approximate surface area is 200 Å². The standard InChI is InChI=1S/C26H23N5O2S/c1-2-3-8-15-31-26(33)19-10-5-4-9-18(19)23(30-31)24(32)29-22-14-13-17(16-27-22)25-28-20-11-6-7-12-21(20)34-25/h4-7,9-14,16H,2-3,8,15H2,1H3,(H,27,29,32). The number of aryl methyl sites for hydroxylation is 1. The number of anilines is 1. The monoisotopic (exact) mass is 469 g/mol. The summed E-state index contributed by atoms with van der Waals surface area (Å²) in [7, 11) is 0. The molecular weight excluding hydrogens is 446 g/mol. The molecule has 34 heavy (non-hydrogen) atoms. The first kappa shape index (κ1) is 21.9. The number of hydrogen-bond donors (Lipinski definition) is 1. The van der Waals surface area contributed by atoms with Crippen LogP contribution in [0.5, 0.6) is 0 Å². The van der Waals surface area contributed by atoms with Gasteiger partial charge in [-0.25, -0.2) is 14.6 Å². The number of hydrogen-bond acceptors (Lipinski definition) is 6. The fourth-order valence-electron chi connectivity index (χ4n) is 3.83. The number of aromatic nitrogens is 4. The quantitative estimate of drug-likeness (QED) is 0.317. The summed E-state index contributed by atoms with van der Waals surface area (Å²) in [5.41, 5.74) is 1.87. The van der Waals surface area contributed by atoms with Crippen molar-refractivity contribution in [2.24, 2.45) is 0 Å². The second-order valence-electron chi connectivity index (χ2n) is 8.00. The van der Waals surface area contributed by atoms with E-state index < -0.39 is 5.91 Å². The minimum absolute atomic E-state index is 0.179. The van der Waals surface area contributed by atoms with Crippen molar-refractivity contribution in [3.05, 3.63) is 82.9 Å².